The first-order valence-electron chi connectivity index (χ1n) is 7.45. The number of aromatic nitrogens is 2. The second kappa shape index (κ2) is 5.95. The number of nitrogens with one attached hydrogen (secondary N) is 2. The lowest BCUT2D eigenvalue weighted by atomic mass is 9.80. The summed E-state index contributed by atoms with van der Waals surface area (Å²) >= 11 is 1.66. The van der Waals surface area contributed by atoms with Crippen LogP contribution in [0.3, 0.4) is 0 Å². The van der Waals surface area contributed by atoms with Crippen LogP contribution in [0.25, 0.3) is 10.2 Å². The van der Waals surface area contributed by atoms with Crippen LogP contribution in [0.4, 0.5) is 11.8 Å². The van der Waals surface area contributed by atoms with Crippen LogP contribution in [-0.4, -0.2) is 23.6 Å². The average Bonchev–Trinajstić information content (AvgIpc) is 2.94. The molecule has 0 aliphatic heterocycles. The number of hydrogen-bond donors (Lipinski definition) is 2. The second-order valence-corrected chi connectivity index (χ2v) is 6.58. The maximum atomic E-state index is 4.57. The highest BCUT2D eigenvalue weighted by Crippen LogP contribution is 2.31. The summed E-state index contributed by atoms with van der Waals surface area (Å²) in [6.07, 6.45) is 5.47. The topological polar surface area (TPSA) is 49.8 Å². The Labute approximate surface area is 124 Å². The molecule has 2 heterocycles. The van der Waals surface area contributed by atoms with Crippen LogP contribution in [-0.2, 0) is 0 Å². The van der Waals surface area contributed by atoms with Crippen molar-refractivity contribution in [2.45, 2.75) is 32.6 Å². The Morgan fingerprint density at radius 1 is 1.30 bits per heavy atom. The molecule has 0 aromatic carbocycles. The van der Waals surface area contributed by atoms with Crippen molar-refractivity contribution in [3.8, 4) is 0 Å². The molecule has 2 unspecified atom stereocenters. The molecule has 20 heavy (non-hydrogen) atoms. The molecule has 2 atom stereocenters. The lowest BCUT2D eigenvalue weighted by Gasteiger charge is -2.29. The number of hydrogen-bond acceptors (Lipinski definition) is 5. The molecule has 5 heteroatoms. The fourth-order valence-electron chi connectivity index (χ4n) is 3.03. The van der Waals surface area contributed by atoms with Crippen LogP contribution < -0.4 is 10.6 Å². The Balaban J connectivity index is 1.77. The molecule has 0 amide bonds. The van der Waals surface area contributed by atoms with Gasteiger partial charge in [0.1, 0.15) is 10.6 Å². The minimum absolute atomic E-state index is 0.694. The third kappa shape index (κ3) is 2.73. The molecular formula is C15H22N4S. The third-order valence-corrected chi connectivity index (χ3v) is 5.18. The first-order chi connectivity index (χ1) is 9.78. The van der Waals surface area contributed by atoms with Crippen LogP contribution in [0, 0.1) is 11.8 Å². The summed E-state index contributed by atoms with van der Waals surface area (Å²) in [5.74, 6) is 3.25. The third-order valence-electron chi connectivity index (χ3n) is 4.37. The van der Waals surface area contributed by atoms with Gasteiger partial charge in [0.2, 0.25) is 5.95 Å². The fraction of sp³-hybridized carbons (Fsp3) is 0.600. The van der Waals surface area contributed by atoms with E-state index in [1.165, 1.54) is 25.7 Å². The standard InChI is InChI=1S/C15H22N4S/c1-10-5-3-4-6-11(10)9-17-13-12-7-8-20-14(12)19-15(16-2)18-13/h7-8,10-11H,3-6,9H2,1-2H3,(H2,16,17,18,19). The Bertz CT molecular complexity index is 580. The minimum atomic E-state index is 0.694. The molecule has 2 aromatic heterocycles. The average molecular weight is 290 g/mol. The number of fused-ring (bicyclic) bond motifs is 1. The van der Waals surface area contributed by atoms with Crippen LogP contribution in [0.15, 0.2) is 11.4 Å². The van der Waals surface area contributed by atoms with Gasteiger partial charge in [0.25, 0.3) is 0 Å². The van der Waals surface area contributed by atoms with Crippen molar-refractivity contribution in [1.82, 2.24) is 9.97 Å². The first-order valence-corrected chi connectivity index (χ1v) is 8.32. The number of anilines is 2. The van der Waals surface area contributed by atoms with Crippen molar-refractivity contribution < 1.29 is 0 Å². The number of rotatable bonds is 4. The summed E-state index contributed by atoms with van der Waals surface area (Å²) in [5.41, 5.74) is 0. The van der Waals surface area contributed by atoms with Crippen molar-refractivity contribution in [3.63, 3.8) is 0 Å². The Morgan fingerprint density at radius 3 is 2.95 bits per heavy atom. The molecule has 108 valence electrons. The van der Waals surface area contributed by atoms with Crippen LogP contribution in [0.5, 0.6) is 0 Å². The quantitative estimate of drug-likeness (QED) is 0.894. The lowest BCUT2D eigenvalue weighted by Crippen LogP contribution is -2.24. The molecule has 2 aromatic rings. The van der Waals surface area contributed by atoms with Crippen LogP contribution in [0.2, 0.25) is 0 Å². The van der Waals surface area contributed by atoms with Crippen molar-refractivity contribution in [1.29, 1.82) is 0 Å². The highest BCUT2D eigenvalue weighted by molar-refractivity contribution is 7.16. The Hall–Kier alpha value is -1.36. The van der Waals surface area contributed by atoms with Gasteiger partial charge in [0.15, 0.2) is 0 Å². The molecule has 0 spiro atoms. The van der Waals surface area contributed by atoms with E-state index in [9.17, 15) is 0 Å². The molecule has 4 nitrogen and oxygen atoms in total. The Morgan fingerprint density at radius 2 is 2.15 bits per heavy atom. The van der Waals surface area contributed by atoms with E-state index in [1.54, 1.807) is 11.3 Å². The van der Waals surface area contributed by atoms with E-state index in [2.05, 4.69) is 39.0 Å². The zero-order valence-corrected chi connectivity index (χ0v) is 13.0. The van der Waals surface area contributed by atoms with Gasteiger partial charge in [-0.3, -0.25) is 0 Å². The second-order valence-electron chi connectivity index (χ2n) is 5.69. The van der Waals surface area contributed by atoms with Gasteiger partial charge in [-0.15, -0.1) is 11.3 Å². The largest absolute Gasteiger partial charge is 0.369 e. The van der Waals surface area contributed by atoms with Gasteiger partial charge in [-0.1, -0.05) is 26.2 Å². The van der Waals surface area contributed by atoms with Crippen molar-refractivity contribution in [2.75, 3.05) is 24.2 Å². The summed E-state index contributed by atoms with van der Waals surface area (Å²) in [5, 5.41) is 9.82. The van der Waals surface area contributed by atoms with Gasteiger partial charge in [0, 0.05) is 13.6 Å². The van der Waals surface area contributed by atoms with E-state index in [1.807, 2.05) is 7.05 Å². The summed E-state index contributed by atoms with van der Waals surface area (Å²) in [4.78, 5) is 10.1. The summed E-state index contributed by atoms with van der Waals surface area (Å²) in [6.45, 7) is 3.40. The maximum Gasteiger partial charge on any atom is 0.225 e. The van der Waals surface area contributed by atoms with E-state index in [0.29, 0.717) is 5.95 Å². The maximum absolute atomic E-state index is 4.57. The van der Waals surface area contributed by atoms with Gasteiger partial charge >= 0.3 is 0 Å². The van der Waals surface area contributed by atoms with E-state index >= 15 is 0 Å². The normalized spacial score (nSPS) is 22.9. The van der Waals surface area contributed by atoms with Crippen molar-refractivity contribution >= 4 is 33.3 Å². The lowest BCUT2D eigenvalue weighted by molar-refractivity contribution is 0.268. The highest BCUT2D eigenvalue weighted by atomic mass is 32.1. The van der Waals surface area contributed by atoms with Gasteiger partial charge in [-0.25, -0.2) is 4.98 Å². The molecule has 1 aliphatic carbocycles. The van der Waals surface area contributed by atoms with Gasteiger partial charge in [0.05, 0.1) is 5.39 Å². The van der Waals surface area contributed by atoms with E-state index < -0.39 is 0 Å². The van der Waals surface area contributed by atoms with Gasteiger partial charge in [-0.05, 0) is 29.7 Å². The summed E-state index contributed by atoms with van der Waals surface area (Å²) < 4.78 is 0. The Kier molecular flexibility index (Phi) is 4.05. The van der Waals surface area contributed by atoms with Crippen molar-refractivity contribution in [2.24, 2.45) is 11.8 Å². The van der Waals surface area contributed by atoms with Crippen LogP contribution >= 0.6 is 11.3 Å². The molecule has 0 saturated heterocycles. The predicted octanol–water partition coefficient (Wildman–Crippen LogP) is 3.97. The number of nitrogens with zero attached hydrogens (tertiary/aromatic N) is 2. The smallest absolute Gasteiger partial charge is 0.225 e. The zero-order chi connectivity index (χ0) is 13.9. The monoisotopic (exact) mass is 290 g/mol. The van der Waals surface area contributed by atoms with Crippen LogP contribution in [0.1, 0.15) is 32.6 Å². The molecular weight excluding hydrogens is 268 g/mol. The molecule has 1 saturated carbocycles. The van der Waals surface area contributed by atoms with E-state index in [0.717, 1.165) is 34.4 Å². The first kappa shape index (κ1) is 13.6. The molecule has 0 bridgehead atoms. The minimum Gasteiger partial charge on any atom is -0.369 e. The predicted molar refractivity (Wildman–Crippen MR) is 86.6 cm³/mol. The van der Waals surface area contributed by atoms with Crippen molar-refractivity contribution in [3.05, 3.63) is 11.4 Å². The molecule has 0 radical (unpaired) electrons. The molecule has 3 rings (SSSR count). The molecule has 1 fully saturated rings. The summed E-state index contributed by atoms with van der Waals surface area (Å²) in [7, 11) is 1.86. The highest BCUT2D eigenvalue weighted by Gasteiger charge is 2.21. The SMILES string of the molecule is CNc1nc(NCC2CCCCC2C)c2ccsc2n1. The summed E-state index contributed by atoms with van der Waals surface area (Å²) in [6, 6.07) is 2.10. The van der Waals surface area contributed by atoms with Gasteiger partial charge < -0.3 is 10.6 Å². The van der Waals surface area contributed by atoms with E-state index in [-0.39, 0.29) is 0 Å². The van der Waals surface area contributed by atoms with E-state index in [4.69, 9.17) is 0 Å². The van der Waals surface area contributed by atoms with Gasteiger partial charge in [-0.2, -0.15) is 4.98 Å². The number of thiophene rings is 1. The molecule has 1 aliphatic rings. The zero-order valence-electron chi connectivity index (χ0n) is 12.1. The molecule has 2 N–H and O–H groups in total. The fourth-order valence-corrected chi connectivity index (χ4v) is 3.79.